The van der Waals surface area contributed by atoms with Crippen molar-refractivity contribution < 1.29 is 4.42 Å². The monoisotopic (exact) mass is 140 g/mol. The van der Waals surface area contributed by atoms with Crippen LogP contribution in [0.5, 0.6) is 0 Å². The van der Waals surface area contributed by atoms with Crippen LogP contribution in [0.4, 0.5) is 0 Å². The molecule has 0 spiro atoms. The summed E-state index contributed by atoms with van der Waals surface area (Å²) in [5.74, 6) is 1.52. The van der Waals surface area contributed by atoms with Gasteiger partial charge in [-0.1, -0.05) is 6.92 Å². The highest BCUT2D eigenvalue weighted by Crippen LogP contribution is 2.10. The third-order valence-electron chi connectivity index (χ3n) is 1.32. The lowest BCUT2D eigenvalue weighted by Crippen LogP contribution is -2.02. The lowest BCUT2D eigenvalue weighted by atomic mass is 10.3. The third-order valence-corrected chi connectivity index (χ3v) is 1.32. The van der Waals surface area contributed by atoms with E-state index in [4.69, 9.17) is 10.2 Å². The molecule has 1 aromatic heterocycles. The van der Waals surface area contributed by atoms with Crippen LogP contribution in [0.2, 0.25) is 0 Å². The van der Waals surface area contributed by atoms with Gasteiger partial charge in [0.25, 0.3) is 0 Å². The normalized spacial score (nSPS) is 13.5. The number of aryl methyl sites for hydroxylation is 1. The highest BCUT2D eigenvalue weighted by Gasteiger charge is 2.04. The van der Waals surface area contributed by atoms with Crippen LogP contribution in [0.3, 0.4) is 0 Å². The second kappa shape index (κ2) is 2.84. The number of hydrogen-bond acceptors (Lipinski definition) is 3. The highest BCUT2D eigenvalue weighted by atomic mass is 16.4. The molecule has 1 heterocycles. The molecule has 0 bridgehead atoms. The van der Waals surface area contributed by atoms with E-state index < -0.39 is 0 Å². The Labute approximate surface area is 60.2 Å². The molecule has 1 rings (SSSR count). The van der Waals surface area contributed by atoms with Crippen molar-refractivity contribution in [3.63, 3.8) is 0 Å². The lowest BCUT2D eigenvalue weighted by Gasteiger charge is -1.95. The van der Waals surface area contributed by atoms with Crippen LogP contribution in [-0.2, 0) is 6.42 Å². The quantitative estimate of drug-likeness (QED) is 0.672. The molecule has 56 valence electrons. The first-order valence-corrected chi connectivity index (χ1v) is 3.44. The number of nitrogens with zero attached hydrogens (tertiary/aromatic N) is 1. The molecule has 10 heavy (non-hydrogen) atoms. The number of hydrogen-bond donors (Lipinski definition) is 1. The molecule has 0 aliphatic carbocycles. The Morgan fingerprint density at radius 2 is 2.50 bits per heavy atom. The van der Waals surface area contributed by atoms with Crippen molar-refractivity contribution in [2.45, 2.75) is 26.3 Å². The van der Waals surface area contributed by atoms with Crippen LogP contribution >= 0.6 is 0 Å². The Hall–Kier alpha value is -0.830. The Kier molecular flexibility index (Phi) is 2.06. The Morgan fingerprint density at radius 1 is 1.80 bits per heavy atom. The van der Waals surface area contributed by atoms with Gasteiger partial charge >= 0.3 is 0 Å². The van der Waals surface area contributed by atoms with E-state index in [-0.39, 0.29) is 6.04 Å². The summed E-state index contributed by atoms with van der Waals surface area (Å²) in [7, 11) is 0. The lowest BCUT2D eigenvalue weighted by molar-refractivity contribution is 0.438. The van der Waals surface area contributed by atoms with Crippen LogP contribution in [0, 0.1) is 0 Å². The largest absolute Gasteiger partial charge is 0.444 e. The van der Waals surface area contributed by atoms with Crippen molar-refractivity contribution in [2.24, 2.45) is 5.73 Å². The smallest absolute Gasteiger partial charge is 0.194 e. The van der Waals surface area contributed by atoms with Crippen molar-refractivity contribution in [3.05, 3.63) is 17.8 Å². The van der Waals surface area contributed by atoms with Crippen LogP contribution in [0.15, 0.2) is 10.6 Å². The van der Waals surface area contributed by atoms with Crippen LogP contribution < -0.4 is 5.73 Å². The molecule has 0 saturated carbocycles. The Morgan fingerprint density at radius 3 is 2.80 bits per heavy atom. The maximum atomic E-state index is 5.55. The summed E-state index contributed by atoms with van der Waals surface area (Å²) in [6.45, 7) is 3.87. The topological polar surface area (TPSA) is 52.0 Å². The average Bonchev–Trinajstić information content (AvgIpc) is 2.34. The van der Waals surface area contributed by atoms with E-state index >= 15 is 0 Å². The fraction of sp³-hybridized carbons (Fsp3) is 0.571. The van der Waals surface area contributed by atoms with E-state index in [2.05, 4.69) is 4.98 Å². The zero-order valence-corrected chi connectivity index (χ0v) is 6.29. The summed E-state index contributed by atoms with van der Waals surface area (Å²) < 4.78 is 5.26. The molecule has 0 aliphatic rings. The number of aromatic nitrogens is 1. The number of oxazole rings is 1. The second-order valence-corrected chi connectivity index (χ2v) is 2.30. The minimum atomic E-state index is -0.0483. The molecule has 0 fully saturated rings. The molecule has 0 unspecified atom stereocenters. The van der Waals surface area contributed by atoms with Gasteiger partial charge in [-0.15, -0.1) is 0 Å². The first kappa shape index (κ1) is 7.28. The molecular weight excluding hydrogens is 128 g/mol. The maximum Gasteiger partial charge on any atom is 0.194 e. The summed E-state index contributed by atoms with van der Waals surface area (Å²) in [5.41, 5.74) is 5.55. The molecule has 1 atom stereocenters. The molecule has 1 aromatic rings. The predicted molar refractivity (Wildman–Crippen MR) is 38.5 cm³/mol. The van der Waals surface area contributed by atoms with Gasteiger partial charge in [-0.3, -0.25) is 0 Å². The first-order valence-electron chi connectivity index (χ1n) is 3.44. The molecule has 3 nitrogen and oxygen atoms in total. The van der Waals surface area contributed by atoms with E-state index in [1.54, 1.807) is 6.20 Å². The molecule has 0 radical (unpaired) electrons. The Bertz CT molecular complexity index is 205. The predicted octanol–water partition coefficient (Wildman–Crippen LogP) is 1.26. The standard InChI is InChI=1S/C7H12N2O/c1-3-7-9-4-6(10-7)5(2)8/h4-5H,3,8H2,1-2H3/t5-/m0/s1. The van der Waals surface area contributed by atoms with Crippen LogP contribution in [-0.4, -0.2) is 4.98 Å². The zero-order valence-electron chi connectivity index (χ0n) is 6.29. The Balaban J connectivity index is 2.78. The fourth-order valence-corrected chi connectivity index (χ4v) is 0.698. The van der Waals surface area contributed by atoms with Crippen LogP contribution in [0.1, 0.15) is 31.5 Å². The first-order chi connectivity index (χ1) is 4.74. The van der Waals surface area contributed by atoms with Gasteiger partial charge in [0.15, 0.2) is 5.89 Å². The van der Waals surface area contributed by atoms with Crippen molar-refractivity contribution in [1.29, 1.82) is 0 Å². The number of nitrogens with two attached hydrogens (primary N) is 1. The van der Waals surface area contributed by atoms with E-state index in [0.29, 0.717) is 0 Å². The van der Waals surface area contributed by atoms with Gasteiger partial charge in [-0.05, 0) is 6.92 Å². The van der Waals surface area contributed by atoms with Gasteiger partial charge in [0.05, 0.1) is 12.2 Å². The van der Waals surface area contributed by atoms with Gasteiger partial charge in [0.2, 0.25) is 0 Å². The van der Waals surface area contributed by atoms with Crippen molar-refractivity contribution >= 4 is 0 Å². The molecule has 0 aliphatic heterocycles. The summed E-state index contributed by atoms with van der Waals surface area (Å²) in [4.78, 5) is 4.01. The summed E-state index contributed by atoms with van der Waals surface area (Å²) >= 11 is 0. The van der Waals surface area contributed by atoms with Crippen molar-refractivity contribution in [1.82, 2.24) is 4.98 Å². The fourth-order valence-electron chi connectivity index (χ4n) is 0.698. The molecule has 3 heteroatoms. The zero-order chi connectivity index (χ0) is 7.56. The van der Waals surface area contributed by atoms with Gasteiger partial charge < -0.3 is 10.2 Å². The van der Waals surface area contributed by atoms with E-state index in [0.717, 1.165) is 18.1 Å². The van der Waals surface area contributed by atoms with E-state index in [1.807, 2.05) is 13.8 Å². The van der Waals surface area contributed by atoms with E-state index in [1.165, 1.54) is 0 Å². The SMILES string of the molecule is CCc1ncc([C@H](C)N)o1. The minimum absolute atomic E-state index is 0.0483. The minimum Gasteiger partial charge on any atom is -0.444 e. The summed E-state index contributed by atoms with van der Waals surface area (Å²) in [5, 5.41) is 0. The van der Waals surface area contributed by atoms with Crippen molar-refractivity contribution in [3.8, 4) is 0 Å². The summed E-state index contributed by atoms with van der Waals surface area (Å²) in [6, 6.07) is -0.0483. The molecule has 2 N–H and O–H groups in total. The highest BCUT2D eigenvalue weighted by molar-refractivity contribution is 4.97. The summed E-state index contributed by atoms with van der Waals surface area (Å²) in [6.07, 6.45) is 2.51. The molecule has 0 aromatic carbocycles. The van der Waals surface area contributed by atoms with Gasteiger partial charge in [0, 0.05) is 6.42 Å². The maximum absolute atomic E-state index is 5.55. The van der Waals surface area contributed by atoms with E-state index in [9.17, 15) is 0 Å². The third kappa shape index (κ3) is 1.36. The second-order valence-electron chi connectivity index (χ2n) is 2.30. The van der Waals surface area contributed by atoms with Gasteiger partial charge in [-0.2, -0.15) is 0 Å². The molecule has 0 amide bonds. The van der Waals surface area contributed by atoms with Gasteiger partial charge in [0.1, 0.15) is 5.76 Å². The molecular formula is C7H12N2O. The van der Waals surface area contributed by atoms with Gasteiger partial charge in [-0.25, -0.2) is 4.98 Å². The average molecular weight is 140 g/mol. The number of rotatable bonds is 2. The van der Waals surface area contributed by atoms with Crippen LogP contribution in [0.25, 0.3) is 0 Å². The van der Waals surface area contributed by atoms with Crippen molar-refractivity contribution in [2.75, 3.05) is 0 Å². The molecule has 0 saturated heterocycles.